The highest BCUT2D eigenvalue weighted by Crippen LogP contribution is 2.49. The van der Waals surface area contributed by atoms with Crippen LogP contribution in [0, 0.1) is 29.1 Å². The van der Waals surface area contributed by atoms with Gasteiger partial charge in [-0.1, -0.05) is 11.6 Å². The molecule has 0 unspecified atom stereocenters. The minimum atomic E-state index is 0.617. The number of halogens is 1. The first-order valence-electron chi connectivity index (χ1n) is 6.71. The van der Waals surface area contributed by atoms with E-state index in [1.165, 1.54) is 25.7 Å². The molecule has 0 heterocycles. The third kappa shape index (κ3) is 2.62. The molecular formula is C15H17ClN2. The fraction of sp³-hybridized carbons (Fsp3) is 0.533. The fourth-order valence-corrected chi connectivity index (χ4v) is 2.97. The van der Waals surface area contributed by atoms with E-state index in [2.05, 4.69) is 11.4 Å². The molecule has 2 aliphatic rings. The van der Waals surface area contributed by atoms with Crippen molar-refractivity contribution in [1.29, 1.82) is 5.26 Å². The van der Waals surface area contributed by atoms with Gasteiger partial charge in [0.15, 0.2) is 0 Å². The van der Waals surface area contributed by atoms with Gasteiger partial charge in [-0.25, -0.2) is 0 Å². The van der Waals surface area contributed by atoms with Gasteiger partial charge in [0.1, 0.15) is 0 Å². The minimum Gasteiger partial charge on any atom is -0.384 e. The molecule has 0 aliphatic heterocycles. The highest BCUT2D eigenvalue weighted by molar-refractivity contribution is 6.33. The second-order valence-electron chi connectivity index (χ2n) is 5.53. The number of nitriles is 1. The van der Waals surface area contributed by atoms with E-state index in [1.807, 2.05) is 12.1 Å². The Morgan fingerprint density at radius 3 is 2.44 bits per heavy atom. The van der Waals surface area contributed by atoms with Gasteiger partial charge in [0, 0.05) is 6.54 Å². The van der Waals surface area contributed by atoms with Crippen LogP contribution in [0.3, 0.4) is 0 Å². The lowest BCUT2D eigenvalue weighted by molar-refractivity contribution is 0.428. The number of nitrogens with zero attached hydrogens (tertiary/aromatic N) is 1. The van der Waals surface area contributed by atoms with Gasteiger partial charge in [0.2, 0.25) is 0 Å². The Bertz CT molecular complexity index is 472. The lowest BCUT2D eigenvalue weighted by Gasteiger charge is -2.17. The molecule has 0 atom stereocenters. The van der Waals surface area contributed by atoms with E-state index in [0.29, 0.717) is 10.6 Å². The maximum absolute atomic E-state index is 8.80. The molecule has 3 rings (SSSR count). The molecule has 94 valence electrons. The van der Waals surface area contributed by atoms with E-state index in [1.54, 1.807) is 6.07 Å². The van der Waals surface area contributed by atoms with E-state index < -0.39 is 0 Å². The fourth-order valence-electron chi connectivity index (χ4n) is 2.72. The van der Waals surface area contributed by atoms with Gasteiger partial charge in [-0.2, -0.15) is 5.26 Å². The van der Waals surface area contributed by atoms with Crippen LogP contribution in [0.25, 0.3) is 0 Å². The third-order valence-corrected chi connectivity index (χ3v) is 4.39. The zero-order valence-corrected chi connectivity index (χ0v) is 11.1. The van der Waals surface area contributed by atoms with E-state index in [4.69, 9.17) is 16.9 Å². The molecule has 1 N–H and O–H groups in total. The number of hydrogen-bond donors (Lipinski definition) is 1. The second-order valence-corrected chi connectivity index (χ2v) is 5.93. The lowest BCUT2D eigenvalue weighted by Crippen LogP contribution is -2.18. The van der Waals surface area contributed by atoms with Crippen LogP contribution < -0.4 is 5.32 Å². The molecule has 18 heavy (non-hydrogen) atoms. The van der Waals surface area contributed by atoms with Crippen LogP contribution in [0.5, 0.6) is 0 Å². The Morgan fingerprint density at radius 2 is 1.94 bits per heavy atom. The normalized spacial score (nSPS) is 18.7. The monoisotopic (exact) mass is 260 g/mol. The summed E-state index contributed by atoms with van der Waals surface area (Å²) in [4.78, 5) is 0. The first kappa shape index (κ1) is 11.9. The van der Waals surface area contributed by atoms with Crippen LogP contribution in [0.1, 0.15) is 31.2 Å². The maximum Gasteiger partial charge on any atom is 0.0992 e. The molecule has 1 aromatic rings. The largest absolute Gasteiger partial charge is 0.384 e. The average molecular weight is 261 g/mol. The van der Waals surface area contributed by atoms with Crippen LogP contribution in [0.15, 0.2) is 18.2 Å². The zero-order chi connectivity index (χ0) is 12.5. The van der Waals surface area contributed by atoms with Gasteiger partial charge in [-0.05, 0) is 61.6 Å². The summed E-state index contributed by atoms with van der Waals surface area (Å²) in [5.41, 5.74) is 1.58. The summed E-state index contributed by atoms with van der Waals surface area (Å²) in [6.07, 6.45) is 5.63. The van der Waals surface area contributed by atoms with Gasteiger partial charge < -0.3 is 5.32 Å². The molecule has 0 radical (unpaired) electrons. The van der Waals surface area contributed by atoms with Crippen LogP contribution in [0.4, 0.5) is 5.69 Å². The third-order valence-electron chi connectivity index (χ3n) is 4.08. The summed E-state index contributed by atoms with van der Waals surface area (Å²) in [6, 6.07) is 7.56. The van der Waals surface area contributed by atoms with Crippen molar-refractivity contribution >= 4 is 17.3 Å². The van der Waals surface area contributed by atoms with Gasteiger partial charge in [0.05, 0.1) is 22.3 Å². The second kappa shape index (κ2) is 4.82. The predicted molar refractivity (Wildman–Crippen MR) is 73.6 cm³/mol. The maximum atomic E-state index is 8.80. The summed E-state index contributed by atoms with van der Waals surface area (Å²) >= 11 is 6.17. The average Bonchev–Trinajstić information content (AvgIpc) is 3.25. The van der Waals surface area contributed by atoms with E-state index in [-0.39, 0.29) is 0 Å². The molecule has 2 nitrogen and oxygen atoms in total. The number of nitrogens with one attached hydrogen (secondary N) is 1. The van der Waals surface area contributed by atoms with E-state index in [9.17, 15) is 0 Å². The first-order valence-corrected chi connectivity index (χ1v) is 7.09. The molecule has 1 aromatic carbocycles. The van der Waals surface area contributed by atoms with Crippen molar-refractivity contribution in [3.63, 3.8) is 0 Å². The number of rotatable bonds is 5. The Morgan fingerprint density at radius 1 is 1.28 bits per heavy atom. The Hall–Kier alpha value is -1.20. The Labute approximate surface area is 113 Å². The van der Waals surface area contributed by atoms with Crippen molar-refractivity contribution in [1.82, 2.24) is 0 Å². The quantitative estimate of drug-likeness (QED) is 0.867. The summed E-state index contributed by atoms with van der Waals surface area (Å²) in [5.74, 6) is 2.72. The van der Waals surface area contributed by atoms with Crippen molar-refractivity contribution in [3.05, 3.63) is 28.8 Å². The summed E-state index contributed by atoms with van der Waals surface area (Å²) < 4.78 is 0. The van der Waals surface area contributed by atoms with Gasteiger partial charge >= 0.3 is 0 Å². The Balaban J connectivity index is 1.63. The van der Waals surface area contributed by atoms with E-state index in [0.717, 1.165) is 30.0 Å². The number of benzene rings is 1. The van der Waals surface area contributed by atoms with Crippen molar-refractivity contribution in [2.24, 2.45) is 17.8 Å². The summed E-state index contributed by atoms with van der Waals surface area (Å²) in [7, 11) is 0. The molecule has 2 saturated carbocycles. The molecular weight excluding hydrogens is 244 g/mol. The summed E-state index contributed by atoms with van der Waals surface area (Å²) in [5, 5.41) is 12.9. The van der Waals surface area contributed by atoms with Crippen molar-refractivity contribution < 1.29 is 0 Å². The molecule has 2 fully saturated rings. The minimum absolute atomic E-state index is 0.617. The predicted octanol–water partition coefficient (Wildman–Crippen LogP) is 4.06. The molecule has 0 amide bonds. The first-order chi connectivity index (χ1) is 8.78. The van der Waals surface area contributed by atoms with Gasteiger partial charge in [-0.3, -0.25) is 0 Å². The lowest BCUT2D eigenvalue weighted by atomic mass is 9.98. The zero-order valence-electron chi connectivity index (χ0n) is 10.3. The van der Waals surface area contributed by atoms with Crippen molar-refractivity contribution in [2.45, 2.75) is 25.7 Å². The van der Waals surface area contributed by atoms with E-state index >= 15 is 0 Å². The highest BCUT2D eigenvalue weighted by Gasteiger charge is 2.40. The van der Waals surface area contributed by atoms with Crippen molar-refractivity contribution in [3.8, 4) is 6.07 Å². The topological polar surface area (TPSA) is 35.8 Å². The van der Waals surface area contributed by atoms with Crippen LogP contribution in [-0.4, -0.2) is 6.54 Å². The van der Waals surface area contributed by atoms with Crippen LogP contribution in [0.2, 0.25) is 5.02 Å². The molecule has 2 aliphatic carbocycles. The summed E-state index contributed by atoms with van der Waals surface area (Å²) in [6.45, 7) is 1.03. The van der Waals surface area contributed by atoms with Crippen LogP contribution >= 0.6 is 11.6 Å². The smallest absolute Gasteiger partial charge is 0.0992 e. The van der Waals surface area contributed by atoms with Gasteiger partial charge in [0.25, 0.3) is 0 Å². The number of hydrogen-bond acceptors (Lipinski definition) is 2. The van der Waals surface area contributed by atoms with Crippen LogP contribution in [-0.2, 0) is 0 Å². The molecule has 0 bridgehead atoms. The van der Waals surface area contributed by atoms with Gasteiger partial charge in [-0.15, -0.1) is 0 Å². The SMILES string of the molecule is N#Cc1ccc(NCC(C2CC2)C2CC2)c(Cl)c1. The standard InChI is InChI=1S/C15H17ClN2/c16-14-7-10(8-17)1-6-15(14)18-9-13(11-2-3-11)12-4-5-12/h1,6-7,11-13,18H,2-5,9H2. The van der Waals surface area contributed by atoms with Crippen molar-refractivity contribution in [2.75, 3.05) is 11.9 Å². The molecule has 0 saturated heterocycles. The highest BCUT2D eigenvalue weighted by atomic mass is 35.5. The number of anilines is 1. The molecule has 0 aromatic heterocycles. The molecule has 3 heteroatoms. The molecule has 0 spiro atoms. The Kier molecular flexibility index (Phi) is 3.18.